The van der Waals surface area contributed by atoms with E-state index in [-0.39, 0.29) is 0 Å². The van der Waals surface area contributed by atoms with Crippen LogP contribution in [0.1, 0.15) is 20.3 Å². The number of anilines is 1. The van der Waals surface area contributed by atoms with Gasteiger partial charge in [-0.05, 0) is 43.5 Å². The Bertz CT molecular complexity index is 831. The monoisotopic (exact) mass is 304 g/mol. The van der Waals surface area contributed by atoms with Crippen LogP contribution in [0.3, 0.4) is 0 Å². The minimum absolute atomic E-state index is 0.499. The molecule has 1 aromatic carbocycles. The van der Waals surface area contributed by atoms with E-state index in [4.69, 9.17) is 9.97 Å². The van der Waals surface area contributed by atoms with Gasteiger partial charge in [0, 0.05) is 35.9 Å². The number of hydrogen-bond donors (Lipinski definition) is 0. The summed E-state index contributed by atoms with van der Waals surface area (Å²) in [6.45, 7) is 5.66. The molecule has 0 spiro atoms. The quantitative estimate of drug-likeness (QED) is 0.719. The standard InChI is InChI=1S/C19H20N4/c1-13-9-12-23(14(13)2)19-16-5-3-4-6-17(16)21-18(22-19)15-7-10-20-11-8-15/h3-8,10-11,13-14H,9,12H2,1-2H3. The fourth-order valence-electron chi connectivity index (χ4n) is 3.30. The van der Waals surface area contributed by atoms with Gasteiger partial charge in [0.1, 0.15) is 5.82 Å². The SMILES string of the molecule is CC1CCN(c2nc(-c3ccncc3)nc3ccccc23)C1C. The van der Waals surface area contributed by atoms with Gasteiger partial charge in [-0.1, -0.05) is 19.1 Å². The molecular formula is C19H20N4. The Labute approximate surface area is 136 Å². The first kappa shape index (κ1) is 14.1. The van der Waals surface area contributed by atoms with Crippen molar-refractivity contribution in [2.24, 2.45) is 5.92 Å². The van der Waals surface area contributed by atoms with Crippen LogP contribution in [-0.4, -0.2) is 27.5 Å². The number of benzene rings is 1. The number of fused-ring (bicyclic) bond motifs is 1. The highest BCUT2D eigenvalue weighted by Crippen LogP contribution is 2.33. The van der Waals surface area contributed by atoms with Gasteiger partial charge in [-0.3, -0.25) is 4.98 Å². The van der Waals surface area contributed by atoms with Crippen LogP contribution in [-0.2, 0) is 0 Å². The molecule has 0 N–H and O–H groups in total. The highest BCUT2D eigenvalue weighted by molar-refractivity contribution is 5.91. The minimum atomic E-state index is 0.499. The zero-order valence-corrected chi connectivity index (χ0v) is 13.5. The number of para-hydroxylation sites is 1. The molecule has 0 amide bonds. The number of aromatic nitrogens is 3. The summed E-state index contributed by atoms with van der Waals surface area (Å²) in [5.41, 5.74) is 2.00. The second-order valence-corrected chi connectivity index (χ2v) is 6.32. The molecule has 2 unspecified atom stereocenters. The van der Waals surface area contributed by atoms with Crippen molar-refractivity contribution >= 4 is 16.7 Å². The summed E-state index contributed by atoms with van der Waals surface area (Å²) in [7, 11) is 0. The van der Waals surface area contributed by atoms with Crippen molar-refractivity contribution in [2.45, 2.75) is 26.3 Å². The molecule has 2 aromatic heterocycles. The van der Waals surface area contributed by atoms with Crippen molar-refractivity contribution < 1.29 is 0 Å². The maximum atomic E-state index is 4.93. The molecule has 0 radical (unpaired) electrons. The normalized spacial score (nSPS) is 21.0. The molecular weight excluding hydrogens is 284 g/mol. The van der Waals surface area contributed by atoms with Gasteiger partial charge in [-0.2, -0.15) is 0 Å². The van der Waals surface area contributed by atoms with Crippen molar-refractivity contribution in [1.29, 1.82) is 0 Å². The lowest BCUT2D eigenvalue weighted by Gasteiger charge is -2.26. The molecule has 4 nitrogen and oxygen atoms in total. The van der Waals surface area contributed by atoms with Crippen LogP contribution in [0.4, 0.5) is 5.82 Å². The van der Waals surface area contributed by atoms with E-state index in [9.17, 15) is 0 Å². The minimum Gasteiger partial charge on any atom is -0.353 e. The third-order valence-electron chi connectivity index (χ3n) is 4.93. The third kappa shape index (κ3) is 2.44. The molecule has 0 saturated carbocycles. The molecule has 0 bridgehead atoms. The Morgan fingerprint density at radius 3 is 2.52 bits per heavy atom. The molecule has 0 aliphatic carbocycles. The van der Waals surface area contributed by atoms with E-state index in [1.165, 1.54) is 6.42 Å². The van der Waals surface area contributed by atoms with E-state index >= 15 is 0 Å². The van der Waals surface area contributed by atoms with E-state index in [1.54, 1.807) is 12.4 Å². The second kappa shape index (κ2) is 5.61. The lowest BCUT2D eigenvalue weighted by molar-refractivity contribution is 0.545. The zero-order valence-electron chi connectivity index (χ0n) is 13.5. The Kier molecular flexibility index (Phi) is 3.45. The zero-order chi connectivity index (χ0) is 15.8. The summed E-state index contributed by atoms with van der Waals surface area (Å²) in [4.78, 5) is 16.2. The van der Waals surface area contributed by atoms with Gasteiger partial charge in [-0.15, -0.1) is 0 Å². The smallest absolute Gasteiger partial charge is 0.162 e. The van der Waals surface area contributed by atoms with E-state index < -0.39 is 0 Å². The van der Waals surface area contributed by atoms with Crippen molar-refractivity contribution in [1.82, 2.24) is 15.0 Å². The topological polar surface area (TPSA) is 41.9 Å². The summed E-state index contributed by atoms with van der Waals surface area (Å²) in [5.74, 6) is 2.51. The fourth-order valence-corrected chi connectivity index (χ4v) is 3.30. The van der Waals surface area contributed by atoms with Crippen LogP contribution < -0.4 is 4.90 Å². The number of rotatable bonds is 2. The molecule has 116 valence electrons. The maximum absolute atomic E-state index is 4.93. The van der Waals surface area contributed by atoms with Gasteiger partial charge < -0.3 is 4.90 Å². The van der Waals surface area contributed by atoms with Crippen LogP contribution in [0.15, 0.2) is 48.8 Å². The molecule has 1 aliphatic rings. The number of hydrogen-bond acceptors (Lipinski definition) is 4. The molecule has 3 heterocycles. The average Bonchev–Trinajstić information content (AvgIpc) is 2.94. The Balaban J connectivity index is 1.91. The maximum Gasteiger partial charge on any atom is 0.162 e. The molecule has 2 atom stereocenters. The lowest BCUT2D eigenvalue weighted by atomic mass is 10.1. The Morgan fingerprint density at radius 1 is 1.00 bits per heavy atom. The van der Waals surface area contributed by atoms with Gasteiger partial charge >= 0.3 is 0 Å². The van der Waals surface area contributed by atoms with Crippen LogP contribution in [0, 0.1) is 5.92 Å². The number of nitrogens with zero attached hydrogens (tertiary/aromatic N) is 4. The van der Waals surface area contributed by atoms with Crippen LogP contribution in [0.25, 0.3) is 22.3 Å². The molecule has 1 fully saturated rings. The van der Waals surface area contributed by atoms with Crippen molar-refractivity contribution in [3.05, 3.63) is 48.8 Å². The summed E-state index contributed by atoms with van der Waals surface area (Å²) >= 11 is 0. The summed E-state index contributed by atoms with van der Waals surface area (Å²) in [6.07, 6.45) is 4.78. The van der Waals surface area contributed by atoms with Gasteiger partial charge in [0.25, 0.3) is 0 Å². The summed E-state index contributed by atoms with van der Waals surface area (Å²) < 4.78 is 0. The Morgan fingerprint density at radius 2 is 1.78 bits per heavy atom. The summed E-state index contributed by atoms with van der Waals surface area (Å²) in [5, 5.41) is 1.13. The average molecular weight is 304 g/mol. The summed E-state index contributed by atoms with van der Waals surface area (Å²) in [6, 6.07) is 12.7. The van der Waals surface area contributed by atoms with Crippen LogP contribution >= 0.6 is 0 Å². The molecule has 4 rings (SSSR count). The van der Waals surface area contributed by atoms with E-state index in [2.05, 4.69) is 41.9 Å². The van der Waals surface area contributed by atoms with Crippen molar-refractivity contribution in [3.8, 4) is 11.4 Å². The molecule has 23 heavy (non-hydrogen) atoms. The molecule has 4 heteroatoms. The van der Waals surface area contributed by atoms with E-state index in [0.29, 0.717) is 12.0 Å². The van der Waals surface area contributed by atoms with Crippen molar-refractivity contribution in [2.75, 3.05) is 11.4 Å². The third-order valence-corrected chi connectivity index (χ3v) is 4.93. The van der Waals surface area contributed by atoms with Gasteiger partial charge in [0.15, 0.2) is 5.82 Å². The van der Waals surface area contributed by atoms with Gasteiger partial charge in [0.2, 0.25) is 0 Å². The highest BCUT2D eigenvalue weighted by Gasteiger charge is 2.29. The van der Waals surface area contributed by atoms with E-state index in [0.717, 1.165) is 34.7 Å². The first-order valence-corrected chi connectivity index (χ1v) is 8.18. The predicted octanol–water partition coefficient (Wildman–Crippen LogP) is 3.93. The first-order chi connectivity index (χ1) is 11.2. The Hall–Kier alpha value is -2.49. The number of pyridine rings is 1. The van der Waals surface area contributed by atoms with Crippen molar-refractivity contribution in [3.63, 3.8) is 0 Å². The van der Waals surface area contributed by atoms with E-state index in [1.807, 2.05) is 18.2 Å². The molecule has 1 saturated heterocycles. The lowest BCUT2D eigenvalue weighted by Crippen LogP contribution is -2.30. The molecule has 3 aromatic rings. The first-order valence-electron chi connectivity index (χ1n) is 8.18. The second-order valence-electron chi connectivity index (χ2n) is 6.32. The molecule has 1 aliphatic heterocycles. The van der Waals surface area contributed by atoms with Crippen LogP contribution in [0.5, 0.6) is 0 Å². The fraction of sp³-hybridized carbons (Fsp3) is 0.316. The largest absolute Gasteiger partial charge is 0.353 e. The predicted molar refractivity (Wildman–Crippen MR) is 93.4 cm³/mol. The van der Waals surface area contributed by atoms with Gasteiger partial charge in [0.05, 0.1) is 5.52 Å². The highest BCUT2D eigenvalue weighted by atomic mass is 15.2. The van der Waals surface area contributed by atoms with Gasteiger partial charge in [-0.25, -0.2) is 9.97 Å². The van der Waals surface area contributed by atoms with Crippen LogP contribution in [0.2, 0.25) is 0 Å².